The Hall–Kier alpha value is -2.16. The van der Waals surface area contributed by atoms with E-state index >= 15 is 0 Å². The van der Waals surface area contributed by atoms with Crippen molar-refractivity contribution in [1.29, 1.82) is 0 Å². The number of fused-ring (bicyclic) bond motifs is 2. The Labute approximate surface area is 192 Å². The molecule has 1 aliphatic rings. The molecule has 0 heterocycles. The molecule has 156 valence electrons. The topological polar surface area (TPSA) is 3.24 Å². The molecule has 2 heteroatoms. The Morgan fingerprint density at radius 2 is 1.30 bits per heavy atom. The molecule has 4 rings (SSSR count). The smallest absolute Gasteiger partial charge is 0.00132 e. The Balaban J connectivity index is 0.00000256. The second-order valence-electron chi connectivity index (χ2n) is 8.11. The van der Waals surface area contributed by atoms with E-state index in [0.717, 1.165) is 38.8 Å². The van der Waals surface area contributed by atoms with Crippen molar-refractivity contribution in [3.05, 3.63) is 113 Å². The van der Waals surface area contributed by atoms with Gasteiger partial charge in [0, 0.05) is 6.54 Å². The fraction of sp³-hybridized carbons (Fsp3) is 0.286. The van der Waals surface area contributed by atoms with Crippen LogP contribution in [0.1, 0.15) is 40.7 Å². The lowest BCUT2D eigenvalue weighted by Gasteiger charge is -2.17. The van der Waals surface area contributed by atoms with Gasteiger partial charge < -0.3 is 4.90 Å². The number of hydrogen-bond donors (Lipinski definition) is 0. The van der Waals surface area contributed by atoms with Gasteiger partial charge in [-0.1, -0.05) is 84.9 Å². The number of hydrogen-bond acceptors (Lipinski definition) is 1. The van der Waals surface area contributed by atoms with Gasteiger partial charge in [0.15, 0.2) is 0 Å². The zero-order chi connectivity index (χ0) is 19.9. The van der Waals surface area contributed by atoms with Crippen LogP contribution in [0, 0.1) is 0 Å². The summed E-state index contributed by atoms with van der Waals surface area (Å²) in [5, 5.41) is 0. The van der Waals surface area contributed by atoms with Crippen LogP contribution in [0.15, 0.2) is 84.9 Å². The first kappa shape index (κ1) is 22.5. The van der Waals surface area contributed by atoms with E-state index in [4.69, 9.17) is 0 Å². The average molecular weight is 462 g/mol. The van der Waals surface area contributed by atoms with Gasteiger partial charge in [0.25, 0.3) is 0 Å². The molecular formula is C28H32BrN. The number of rotatable bonds is 7. The third-order valence-corrected chi connectivity index (χ3v) is 5.99. The third-order valence-electron chi connectivity index (χ3n) is 5.99. The molecule has 3 aromatic carbocycles. The van der Waals surface area contributed by atoms with E-state index in [1.165, 1.54) is 39.8 Å². The van der Waals surface area contributed by atoms with Gasteiger partial charge in [-0.3, -0.25) is 0 Å². The highest BCUT2D eigenvalue weighted by Gasteiger charge is 2.17. The highest BCUT2D eigenvalue weighted by Crippen LogP contribution is 2.33. The molecule has 0 aliphatic heterocycles. The molecule has 0 N–H and O–H groups in total. The minimum Gasteiger partial charge on any atom is -0.306 e. The van der Waals surface area contributed by atoms with Gasteiger partial charge in [-0.2, -0.15) is 0 Å². The van der Waals surface area contributed by atoms with Crippen molar-refractivity contribution in [2.45, 2.75) is 32.1 Å². The van der Waals surface area contributed by atoms with Crippen LogP contribution in [0.5, 0.6) is 0 Å². The molecule has 30 heavy (non-hydrogen) atoms. The lowest BCUT2D eigenvalue weighted by molar-refractivity contribution is 0.336. The summed E-state index contributed by atoms with van der Waals surface area (Å²) in [5.74, 6) is 0. The van der Waals surface area contributed by atoms with Gasteiger partial charge in [-0.15, -0.1) is 17.0 Å². The molecular weight excluding hydrogens is 430 g/mol. The Kier molecular flexibility index (Phi) is 8.48. The van der Waals surface area contributed by atoms with Crippen molar-refractivity contribution in [2.24, 2.45) is 0 Å². The minimum absolute atomic E-state index is 0. The molecule has 1 nitrogen and oxygen atoms in total. The fourth-order valence-electron chi connectivity index (χ4n) is 4.38. The van der Waals surface area contributed by atoms with Gasteiger partial charge in [-0.05, 0) is 79.1 Å². The van der Waals surface area contributed by atoms with Crippen LogP contribution in [0.25, 0.3) is 5.57 Å². The summed E-state index contributed by atoms with van der Waals surface area (Å²) in [5.41, 5.74) is 8.66. The summed E-state index contributed by atoms with van der Waals surface area (Å²) in [6.07, 6.45) is 8.18. The Bertz CT molecular complexity index is 912. The maximum absolute atomic E-state index is 2.47. The van der Waals surface area contributed by atoms with E-state index in [2.05, 4.69) is 96.9 Å². The maximum Gasteiger partial charge on any atom is 0.00132 e. The predicted octanol–water partition coefficient (Wildman–Crippen LogP) is 6.75. The quantitative estimate of drug-likeness (QED) is 0.376. The average Bonchev–Trinajstić information content (AvgIpc) is 2.92. The summed E-state index contributed by atoms with van der Waals surface area (Å²) >= 11 is 0. The van der Waals surface area contributed by atoms with Crippen LogP contribution in [-0.2, 0) is 19.3 Å². The van der Waals surface area contributed by atoms with Crippen LogP contribution in [-0.4, -0.2) is 25.0 Å². The van der Waals surface area contributed by atoms with E-state index in [-0.39, 0.29) is 17.0 Å². The number of benzene rings is 3. The Morgan fingerprint density at radius 1 is 0.733 bits per heavy atom. The Morgan fingerprint density at radius 3 is 1.93 bits per heavy atom. The second kappa shape index (κ2) is 11.3. The van der Waals surface area contributed by atoms with E-state index in [1.54, 1.807) is 0 Å². The van der Waals surface area contributed by atoms with Crippen LogP contribution < -0.4 is 0 Å². The van der Waals surface area contributed by atoms with Crippen LogP contribution in [0.4, 0.5) is 0 Å². The van der Waals surface area contributed by atoms with Gasteiger partial charge in [-0.25, -0.2) is 0 Å². The second-order valence-corrected chi connectivity index (χ2v) is 8.11. The third kappa shape index (κ3) is 5.71. The lowest BCUT2D eigenvalue weighted by atomic mass is 9.93. The van der Waals surface area contributed by atoms with Crippen molar-refractivity contribution in [1.82, 2.24) is 4.90 Å². The number of aryl methyl sites for hydroxylation is 3. The zero-order valence-corrected chi connectivity index (χ0v) is 19.6. The standard InChI is InChI=1S/C28H31N.BrH/c1-29(21-9-13-23-11-3-2-4-12-23)22-10-18-28-26-16-7-5-14-24(26)19-20-25-15-6-8-17-27(25)28;/h2-8,11-12,14-18H,9-10,13,19-22H2,1H3;1H. The van der Waals surface area contributed by atoms with Gasteiger partial charge >= 0.3 is 0 Å². The lowest BCUT2D eigenvalue weighted by Crippen LogP contribution is -2.21. The maximum atomic E-state index is 2.47. The monoisotopic (exact) mass is 461 g/mol. The number of halogens is 1. The molecule has 0 saturated heterocycles. The molecule has 0 fully saturated rings. The van der Waals surface area contributed by atoms with Gasteiger partial charge in [0.2, 0.25) is 0 Å². The molecule has 3 aromatic rings. The van der Waals surface area contributed by atoms with E-state index < -0.39 is 0 Å². The fourth-order valence-corrected chi connectivity index (χ4v) is 4.38. The molecule has 0 amide bonds. The minimum atomic E-state index is 0. The van der Waals surface area contributed by atoms with Gasteiger partial charge in [0.1, 0.15) is 0 Å². The van der Waals surface area contributed by atoms with Crippen molar-refractivity contribution in [3.8, 4) is 0 Å². The molecule has 0 bridgehead atoms. The van der Waals surface area contributed by atoms with Crippen LogP contribution in [0.2, 0.25) is 0 Å². The highest BCUT2D eigenvalue weighted by molar-refractivity contribution is 8.93. The molecule has 0 atom stereocenters. The molecule has 0 aromatic heterocycles. The molecule has 0 spiro atoms. The zero-order valence-electron chi connectivity index (χ0n) is 17.9. The molecule has 0 unspecified atom stereocenters. The first-order valence-corrected chi connectivity index (χ1v) is 10.9. The van der Waals surface area contributed by atoms with Gasteiger partial charge in [0.05, 0.1) is 0 Å². The largest absolute Gasteiger partial charge is 0.306 e. The van der Waals surface area contributed by atoms with Crippen molar-refractivity contribution < 1.29 is 0 Å². The highest BCUT2D eigenvalue weighted by atomic mass is 79.9. The van der Waals surface area contributed by atoms with Crippen molar-refractivity contribution in [2.75, 3.05) is 20.1 Å². The number of nitrogens with zero attached hydrogens (tertiary/aromatic N) is 1. The predicted molar refractivity (Wildman–Crippen MR) is 135 cm³/mol. The molecule has 0 radical (unpaired) electrons. The summed E-state index contributed by atoms with van der Waals surface area (Å²) in [6.45, 7) is 2.24. The van der Waals surface area contributed by atoms with Crippen molar-refractivity contribution in [3.63, 3.8) is 0 Å². The first-order valence-electron chi connectivity index (χ1n) is 10.9. The molecule has 0 saturated carbocycles. The summed E-state index contributed by atoms with van der Waals surface area (Å²) in [7, 11) is 2.25. The SMILES string of the molecule is Br.CN(CCC=C1c2ccccc2CCc2ccccc21)CCCc1ccccc1. The van der Waals surface area contributed by atoms with E-state index in [1.807, 2.05) is 0 Å². The summed E-state index contributed by atoms with van der Waals surface area (Å²) in [6, 6.07) is 28.7. The van der Waals surface area contributed by atoms with Crippen molar-refractivity contribution >= 4 is 22.6 Å². The summed E-state index contributed by atoms with van der Waals surface area (Å²) in [4.78, 5) is 2.47. The van der Waals surface area contributed by atoms with Crippen LogP contribution >= 0.6 is 17.0 Å². The first-order chi connectivity index (χ1) is 14.3. The molecule has 1 aliphatic carbocycles. The normalized spacial score (nSPS) is 12.5. The van der Waals surface area contributed by atoms with E-state index in [9.17, 15) is 0 Å². The van der Waals surface area contributed by atoms with Crippen LogP contribution in [0.3, 0.4) is 0 Å². The summed E-state index contributed by atoms with van der Waals surface area (Å²) < 4.78 is 0. The van der Waals surface area contributed by atoms with E-state index in [0.29, 0.717) is 0 Å².